The molecule has 0 radical (unpaired) electrons. The maximum absolute atomic E-state index is 13.1. The zero-order valence-corrected chi connectivity index (χ0v) is 11.1. The van der Waals surface area contributed by atoms with E-state index in [1.54, 1.807) is 0 Å². The quantitative estimate of drug-likeness (QED) is 0.936. The van der Waals surface area contributed by atoms with Crippen LogP contribution in [0.15, 0.2) is 22.7 Å². The molecule has 1 fully saturated rings. The van der Waals surface area contributed by atoms with Crippen LogP contribution in [-0.2, 0) is 6.42 Å². The molecule has 106 valence electrons. The molecule has 1 N–H and O–H groups in total. The Morgan fingerprint density at radius 1 is 1.25 bits per heavy atom. The maximum Gasteiger partial charge on any atom is 0.231 e. The molecule has 4 nitrogen and oxygen atoms in total. The second-order valence-corrected chi connectivity index (χ2v) is 5.25. The number of hydrogen-bond acceptors (Lipinski definition) is 4. The molecule has 6 heteroatoms. The van der Waals surface area contributed by atoms with Crippen molar-refractivity contribution in [1.82, 2.24) is 15.5 Å². The van der Waals surface area contributed by atoms with Crippen LogP contribution in [0, 0.1) is 17.6 Å². The molecule has 0 spiro atoms. The van der Waals surface area contributed by atoms with Crippen LogP contribution >= 0.6 is 0 Å². The highest BCUT2D eigenvalue weighted by Crippen LogP contribution is 2.26. The molecule has 0 bridgehead atoms. The number of nitrogens with one attached hydrogen (secondary N) is 1. The van der Waals surface area contributed by atoms with Gasteiger partial charge in [0.05, 0.1) is 5.92 Å². The summed E-state index contributed by atoms with van der Waals surface area (Å²) >= 11 is 0. The van der Waals surface area contributed by atoms with Crippen molar-refractivity contribution in [2.24, 2.45) is 5.92 Å². The molecule has 1 aromatic heterocycles. The molecular weight excluding hydrogens is 264 g/mol. The SMILES string of the molecule is C[C@@H]1CNC[C@H]1c1nc(Cc2cc(F)cc(F)c2)no1. The third-order valence-corrected chi connectivity index (χ3v) is 3.60. The van der Waals surface area contributed by atoms with Crippen LogP contribution < -0.4 is 5.32 Å². The number of nitrogens with zero attached hydrogens (tertiary/aromatic N) is 2. The molecule has 0 amide bonds. The fourth-order valence-electron chi connectivity index (χ4n) is 2.53. The van der Waals surface area contributed by atoms with Gasteiger partial charge >= 0.3 is 0 Å². The Morgan fingerprint density at radius 2 is 2.00 bits per heavy atom. The van der Waals surface area contributed by atoms with Gasteiger partial charge in [-0.3, -0.25) is 0 Å². The van der Waals surface area contributed by atoms with Crippen LogP contribution in [0.3, 0.4) is 0 Å². The van der Waals surface area contributed by atoms with Gasteiger partial charge in [0, 0.05) is 19.0 Å². The molecule has 3 rings (SSSR count). The minimum absolute atomic E-state index is 0.209. The summed E-state index contributed by atoms with van der Waals surface area (Å²) in [6.07, 6.45) is 0.257. The van der Waals surface area contributed by atoms with Gasteiger partial charge in [-0.1, -0.05) is 12.1 Å². The van der Waals surface area contributed by atoms with Crippen LogP contribution in [0.25, 0.3) is 0 Å². The van der Waals surface area contributed by atoms with Crippen molar-refractivity contribution >= 4 is 0 Å². The second-order valence-electron chi connectivity index (χ2n) is 5.25. The molecule has 0 saturated carbocycles. The molecule has 1 saturated heterocycles. The lowest BCUT2D eigenvalue weighted by Gasteiger charge is -2.07. The predicted octanol–water partition coefficient (Wildman–Crippen LogP) is 2.26. The highest BCUT2D eigenvalue weighted by atomic mass is 19.1. The van der Waals surface area contributed by atoms with Gasteiger partial charge < -0.3 is 9.84 Å². The van der Waals surface area contributed by atoms with Crippen molar-refractivity contribution in [3.05, 3.63) is 47.1 Å². The Hall–Kier alpha value is -1.82. The molecule has 0 aliphatic carbocycles. The van der Waals surface area contributed by atoms with Gasteiger partial charge in [-0.05, 0) is 30.2 Å². The number of hydrogen-bond donors (Lipinski definition) is 1. The van der Waals surface area contributed by atoms with Crippen LogP contribution in [0.2, 0.25) is 0 Å². The van der Waals surface area contributed by atoms with Crippen molar-refractivity contribution in [2.45, 2.75) is 19.3 Å². The van der Waals surface area contributed by atoms with Crippen LogP contribution in [0.5, 0.6) is 0 Å². The van der Waals surface area contributed by atoms with Gasteiger partial charge in [-0.15, -0.1) is 0 Å². The van der Waals surface area contributed by atoms with Crippen LogP contribution in [0.4, 0.5) is 8.78 Å². The first-order valence-electron chi connectivity index (χ1n) is 6.60. The molecule has 2 aromatic rings. The summed E-state index contributed by atoms with van der Waals surface area (Å²) in [4.78, 5) is 4.33. The van der Waals surface area contributed by atoms with E-state index < -0.39 is 11.6 Å². The lowest BCUT2D eigenvalue weighted by molar-refractivity contribution is 0.337. The van der Waals surface area contributed by atoms with E-state index in [0.29, 0.717) is 23.2 Å². The molecule has 0 unspecified atom stereocenters. The fourth-order valence-corrected chi connectivity index (χ4v) is 2.53. The molecule has 2 atom stereocenters. The largest absolute Gasteiger partial charge is 0.339 e. The van der Waals surface area contributed by atoms with Crippen molar-refractivity contribution in [3.63, 3.8) is 0 Å². The fraction of sp³-hybridized carbons (Fsp3) is 0.429. The summed E-state index contributed by atoms with van der Waals surface area (Å²) in [5.74, 6) is 0.489. The zero-order valence-electron chi connectivity index (χ0n) is 11.1. The summed E-state index contributed by atoms with van der Waals surface area (Å²) < 4.78 is 31.5. The Kier molecular flexibility index (Phi) is 3.48. The predicted molar refractivity (Wildman–Crippen MR) is 68.2 cm³/mol. The Labute approximate surface area is 115 Å². The summed E-state index contributed by atoms with van der Waals surface area (Å²) in [5, 5.41) is 7.16. The number of halogens is 2. The van der Waals surface area contributed by atoms with E-state index in [-0.39, 0.29) is 12.3 Å². The van der Waals surface area contributed by atoms with Gasteiger partial charge in [0.15, 0.2) is 5.82 Å². The van der Waals surface area contributed by atoms with Crippen LogP contribution in [0.1, 0.15) is 30.1 Å². The molecule has 1 aromatic carbocycles. The van der Waals surface area contributed by atoms with E-state index in [0.717, 1.165) is 19.2 Å². The lowest BCUT2D eigenvalue weighted by atomic mass is 9.98. The van der Waals surface area contributed by atoms with Gasteiger partial charge in [-0.2, -0.15) is 4.98 Å². The van der Waals surface area contributed by atoms with Crippen molar-refractivity contribution in [2.75, 3.05) is 13.1 Å². The van der Waals surface area contributed by atoms with E-state index >= 15 is 0 Å². The Bertz CT molecular complexity index is 594. The van der Waals surface area contributed by atoms with Gasteiger partial charge in [0.25, 0.3) is 0 Å². The molecular formula is C14H15F2N3O. The highest BCUT2D eigenvalue weighted by molar-refractivity contribution is 5.21. The van der Waals surface area contributed by atoms with Gasteiger partial charge in [0.2, 0.25) is 5.89 Å². The molecule has 2 heterocycles. The number of benzene rings is 1. The summed E-state index contributed by atoms with van der Waals surface area (Å²) in [6, 6.07) is 3.40. The first-order chi connectivity index (χ1) is 9.61. The zero-order chi connectivity index (χ0) is 14.1. The smallest absolute Gasteiger partial charge is 0.231 e. The maximum atomic E-state index is 13.1. The Morgan fingerprint density at radius 3 is 2.65 bits per heavy atom. The highest BCUT2D eigenvalue weighted by Gasteiger charge is 2.29. The minimum atomic E-state index is -0.600. The van der Waals surface area contributed by atoms with E-state index in [2.05, 4.69) is 22.4 Å². The topological polar surface area (TPSA) is 51.0 Å². The third kappa shape index (κ3) is 2.70. The summed E-state index contributed by atoms with van der Waals surface area (Å²) in [7, 11) is 0. The first kappa shape index (κ1) is 13.2. The average molecular weight is 279 g/mol. The van der Waals surface area contributed by atoms with Crippen LogP contribution in [-0.4, -0.2) is 23.2 Å². The van der Waals surface area contributed by atoms with Crippen molar-refractivity contribution in [1.29, 1.82) is 0 Å². The number of rotatable bonds is 3. The van der Waals surface area contributed by atoms with E-state index in [4.69, 9.17) is 4.52 Å². The molecule has 1 aliphatic heterocycles. The van der Waals surface area contributed by atoms with E-state index in [1.165, 1.54) is 12.1 Å². The summed E-state index contributed by atoms with van der Waals surface area (Å²) in [6.45, 7) is 3.87. The normalized spacial score (nSPS) is 22.4. The Balaban J connectivity index is 1.77. The second kappa shape index (κ2) is 5.28. The summed E-state index contributed by atoms with van der Waals surface area (Å²) in [5.41, 5.74) is 0.493. The minimum Gasteiger partial charge on any atom is -0.339 e. The van der Waals surface area contributed by atoms with E-state index in [9.17, 15) is 8.78 Å². The third-order valence-electron chi connectivity index (χ3n) is 3.60. The van der Waals surface area contributed by atoms with Gasteiger partial charge in [0.1, 0.15) is 11.6 Å². The monoisotopic (exact) mass is 279 g/mol. The van der Waals surface area contributed by atoms with Crippen molar-refractivity contribution < 1.29 is 13.3 Å². The van der Waals surface area contributed by atoms with Gasteiger partial charge in [-0.25, -0.2) is 8.78 Å². The van der Waals surface area contributed by atoms with E-state index in [1.807, 2.05) is 0 Å². The first-order valence-corrected chi connectivity index (χ1v) is 6.60. The lowest BCUT2D eigenvalue weighted by Crippen LogP contribution is -2.08. The molecule has 20 heavy (non-hydrogen) atoms. The van der Waals surface area contributed by atoms with Crippen molar-refractivity contribution in [3.8, 4) is 0 Å². The molecule has 1 aliphatic rings. The standard InChI is InChI=1S/C14H15F2N3O/c1-8-6-17-7-12(8)14-18-13(19-20-14)4-9-2-10(15)5-11(16)3-9/h2-3,5,8,12,17H,4,6-7H2,1H3/t8-,12-/m1/s1. The average Bonchev–Trinajstić information content (AvgIpc) is 2.96. The number of aromatic nitrogens is 2.